The topological polar surface area (TPSA) is 72.3 Å². The Bertz CT molecular complexity index is 818. The maximum Gasteiger partial charge on any atom is 0.230 e. The fourth-order valence-electron chi connectivity index (χ4n) is 3.25. The highest BCUT2D eigenvalue weighted by molar-refractivity contribution is 7.99. The number of hydrogen-bond acceptors (Lipinski definition) is 6. The largest absolute Gasteiger partial charge is 0.378 e. The molecule has 0 bridgehead atoms. The molecule has 1 aromatic heterocycles. The van der Waals surface area contributed by atoms with Crippen molar-refractivity contribution in [2.75, 3.05) is 37.0 Å². The second kappa shape index (κ2) is 8.48. The molecule has 1 aromatic carbocycles. The van der Waals surface area contributed by atoms with E-state index in [0.29, 0.717) is 19.3 Å². The molecule has 2 aromatic rings. The number of amides is 1. The second-order valence-corrected chi connectivity index (χ2v) is 8.06. The minimum atomic E-state index is -0.284. The minimum absolute atomic E-state index is 0.0832. The lowest BCUT2D eigenvalue weighted by Crippen LogP contribution is -2.38. The predicted octanol–water partition coefficient (Wildman–Crippen LogP) is 2.56. The number of rotatable bonds is 7. The molecule has 28 heavy (non-hydrogen) atoms. The Kier molecular flexibility index (Phi) is 5.82. The molecule has 0 spiro atoms. The number of nitrogens with one attached hydrogen (secondary N) is 1. The van der Waals surface area contributed by atoms with Gasteiger partial charge >= 0.3 is 0 Å². The van der Waals surface area contributed by atoms with E-state index in [1.54, 1.807) is 12.1 Å². The second-order valence-electron chi connectivity index (χ2n) is 7.11. The van der Waals surface area contributed by atoms with Crippen LogP contribution in [0.4, 0.5) is 10.3 Å². The summed E-state index contributed by atoms with van der Waals surface area (Å²) in [5.74, 6) is 0.779. The van der Waals surface area contributed by atoms with E-state index >= 15 is 0 Å². The summed E-state index contributed by atoms with van der Waals surface area (Å²) in [5, 5.41) is 12.5. The number of aromatic nitrogens is 3. The molecular weight excluding hydrogens is 381 g/mol. The number of halogens is 1. The average molecular weight is 405 g/mol. The third kappa shape index (κ3) is 4.47. The lowest BCUT2D eigenvalue weighted by molar-refractivity contribution is -0.119. The molecule has 1 unspecified atom stereocenters. The zero-order chi connectivity index (χ0) is 19.5. The Morgan fingerprint density at radius 1 is 1.29 bits per heavy atom. The van der Waals surface area contributed by atoms with Crippen LogP contribution in [0.15, 0.2) is 29.4 Å². The van der Waals surface area contributed by atoms with Gasteiger partial charge in [-0.2, -0.15) is 0 Å². The fraction of sp³-hybridized carbons (Fsp3) is 0.526. The third-order valence-corrected chi connectivity index (χ3v) is 5.88. The van der Waals surface area contributed by atoms with Crippen molar-refractivity contribution >= 4 is 23.6 Å². The molecule has 2 aliphatic rings. The van der Waals surface area contributed by atoms with E-state index in [0.717, 1.165) is 42.6 Å². The van der Waals surface area contributed by atoms with Crippen LogP contribution in [0.5, 0.6) is 0 Å². The van der Waals surface area contributed by atoms with Crippen LogP contribution in [-0.4, -0.2) is 52.7 Å². The highest BCUT2D eigenvalue weighted by Crippen LogP contribution is 2.41. The van der Waals surface area contributed by atoms with Gasteiger partial charge in [-0.25, -0.2) is 4.39 Å². The van der Waals surface area contributed by atoms with Gasteiger partial charge in [0.1, 0.15) is 5.82 Å². The van der Waals surface area contributed by atoms with E-state index in [4.69, 9.17) is 4.74 Å². The number of anilines is 1. The van der Waals surface area contributed by atoms with Crippen molar-refractivity contribution in [3.63, 3.8) is 0 Å². The third-order valence-electron chi connectivity index (χ3n) is 4.93. The van der Waals surface area contributed by atoms with E-state index in [-0.39, 0.29) is 23.5 Å². The summed E-state index contributed by atoms with van der Waals surface area (Å²) in [6.07, 6.45) is 2.24. The summed E-state index contributed by atoms with van der Waals surface area (Å²) in [4.78, 5) is 14.6. The Hall–Kier alpha value is -2.13. The molecule has 1 saturated heterocycles. The molecule has 1 aliphatic heterocycles. The van der Waals surface area contributed by atoms with Crippen molar-refractivity contribution in [2.24, 2.45) is 0 Å². The van der Waals surface area contributed by atoms with Crippen molar-refractivity contribution in [2.45, 2.75) is 37.0 Å². The molecule has 1 saturated carbocycles. The molecule has 0 radical (unpaired) electrons. The van der Waals surface area contributed by atoms with Crippen LogP contribution in [0, 0.1) is 5.82 Å². The minimum Gasteiger partial charge on any atom is -0.378 e. The highest BCUT2D eigenvalue weighted by Gasteiger charge is 2.32. The summed E-state index contributed by atoms with van der Waals surface area (Å²) in [6, 6.07) is 6.42. The molecule has 1 aliphatic carbocycles. The number of carbonyl (C=O) groups excluding carboxylic acids is 1. The Labute approximate surface area is 167 Å². The van der Waals surface area contributed by atoms with Crippen molar-refractivity contribution in [3.8, 4) is 0 Å². The van der Waals surface area contributed by atoms with Gasteiger partial charge in [-0.15, -0.1) is 10.2 Å². The fourth-order valence-corrected chi connectivity index (χ4v) is 4.06. The standard InChI is InChI=1S/C19H24FN5O2S/c1-13(14-2-4-15(20)5-3-14)21-17(26)12-28-19-23-22-18(25(19)16-6-7-16)24-8-10-27-11-9-24/h2-5,13,16H,6-12H2,1H3,(H,21,26). The van der Waals surface area contributed by atoms with Gasteiger partial charge in [-0.1, -0.05) is 23.9 Å². The number of morpholine rings is 1. The molecule has 9 heteroatoms. The predicted molar refractivity (Wildman–Crippen MR) is 105 cm³/mol. The van der Waals surface area contributed by atoms with Gasteiger partial charge < -0.3 is 15.0 Å². The Balaban J connectivity index is 1.37. The van der Waals surface area contributed by atoms with Crippen LogP contribution >= 0.6 is 11.8 Å². The summed E-state index contributed by atoms with van der Waals surface area (Å²) in [5.41, 5.74) is 0.871. The number of thioether (sulfide) groups is 1. The van der Waals surface area contributed by atoms with Gasteiger partial charge in [0.15, 0.2) is 5.16 Å². The SMILES string of the molecule is CC(NC(=O)CSc1nnc(N2CCOCC2)n1C1CC1)c1ccc(F)cc1. The quantitative estimate of drug-likeness (QED) is 0.714. The normalized spacial score (nSPS) is 18.1. The molecule has 7 nitrogen and oxygen atoms in total. The van der Waals surface area contributed by atoms with Crippen molar-refractivity contribution in [1.82, 2.24) is 20.1 Å². The van der Waals surface area contributed by atoms with Crippen molar-refractivity contribution in [1.29, 1.82) is 0 Å². The van der Waals surface area contributed by atoms with Crippen LogP contribution < -0.4 is 10.2 Å². The number of benzene rings is 1. The Morgan fingerprint density at radius 3 is 2.68 bits per heavy atom. The molecule has 1 atom stereocenters. The van der Waals surface area contributed by atoms with E-state index in [1.807, 2.05) is 6.92 Å². The maximum atomic E-state index is 13.0. The number of ether oxygens (including phenoxy) is 1. The molecule has 150 valence electrons. The first-order valence-corrected chi connectivity index (χ1v) is 10.6. The molecular formula is C19H24FN5O2S. The van der Waals surface area contributed by atoms with Crippen LogP contribution in [0.2, 0.25) is 0 Å². The van der Waals surface area contributed by atoms with Crippen LogP contribution in [-0.2, 0) is 9.53 Å². The number of nitrogens with zero attached hydrogens (tertiary/aromatic N) is 4. The van der Waals surface area contributed by atoms with E-state index in [2.05, 4.69) is 25.0 Å². The first-order chi connectivity index (χ1) is 13.6. The maximum absolute atomic E-state index is 13.0. The summed E-state index contributed by atoms with van der Waals surface area (Å²) in [6.45, 7) is 4.91. The molecule has 1 N–H and O–H groups in total. The highest BCUT2D eigenvalue weighted by atomic mass is 32.2. The van der Waals surface area contributed by atoms with Gasteiger partial charge in [-0.05, 0) is 37.5 Å². The Morgan fingerprint density at radius 2 is 2.00 bits per heavy atom. The van der Waals surface area contributed by atoms with Crippen LogP contribution in [0.25, 0.3) is 0 Å². The molecule has 1 amide bonds. The van der Waals surface area contributed by atoms with Crippen molar-refractivity contribution < 1.29 is 13.9 Å². The van der Waals surface area contributed by atoms with E-state index in [9.17, 15) is 9.18 Å². The summed E-state index contributed by atoms with van der Waals surface area (Å²) in [7, 11) is 0. The summed E-state index contributed by atoms with van der Waals surface area (Å²) < 4.78 is 20.6. The zero-order valence-corrected chi connectivity index (χ0v) is 16.6. The lowest BCUT2D eigenvalue weighted by Gasteiger charge is -2.27. The van der Waals surface area contributed by atoms with Gasteiger partial charge in [0, 0.05) is 19.1 Å². The molecule has 4 rings (SSSR count). The first-order valence-electron chi connectivity index (χ1n) is 9.57. The van der Waals surface area contributed by atoms with Gasteiger partial charge in [-0.3, -0.25) is 9.36 Å². The zero-order valence-electron chi connectivity index (χ0n) is 15.8. The van der Waals surface area contributed by atoms with Gasteiger partial charge in [0.05, 0.1) is 25.0 Å². The summed E-state index contributed by atoms with van der Waals surface area (Å²) >= 11 is 1.41. The van der Waals surface area contributed by atoms with E-state index in [1.165, 1.54) is 23.9 Å². The van der Waals surface area contributed by atoms with Gasteiger partial charge in [0.25, 0.3) is 0 Å². The lowest BCUT2D eigenvalue weighted by atomic mass is 10.1. The van der Waals surface area contributed by atoms with Crippen LogP contribution in [0.1, 0.15) is 37.4 Å². The monoisotopic (exact) mass is 405 g/mol. The van der Waals surface area contributed by atoms with Crippen LogP contribution in [0.3, 0.4) is 0 Å². The number of carbonyl (C=O) groups is 1. The van der Waals surface area contributed by atoms with Crippen molar-refractivity contribution in [3.05, 3.63) is 35.6 Å². The average Bonchev–Trinajstić information content (AvgIpc) is 3.46. The van der Waals surface area contributed by atoms with E-state index < -0.39 is 0 Å². The smallest absolute Gasteiger partial charge is 0.230 e. The first kappa shape index (κ1) is 19.2. The molecule has 2 heterocycles. The molecule has 2 fully saturated rings. The van der Waals surface area contributed by atoms with Gasteiger partial charge in [0.2, 0.25) is 11.9 Å². The number of hydrogen-bond donors (Lipinski definition) is 1.